The molecular weight excluding hydrogens is 345 g/mol. The molecule has 1 aliphatic rings. The van der Waals surface area contributed by atoms with Crippen molar-refractivity contribution in [3.8, 4) is 0 Å². The first-order valence-electron chi connectivity index (χ1n) is 6.30. The maximum Gasteiger partial charge on any atom is 0.193 e. The molecule has 1 fully saturated rings. The Kier molecular flexibility index (Phi) is 10.5. The normalized spacial score (nSPS) is 17.8. The van der Waals surface area contributed by atoms with E-state index in [1.807, 2.05) is 11.8 Å². The van der Waals surface area contributed by atoms with Crippen LogP contribution < -0.4 is 5.32 Å². The lowest BCUT2D eigenvalue weighted by Crippen LogP contribution is -2.45. The summed E-state index contributed by atoms with van der Waals surface area (Å²) in [6, 6.07) is 0. The topological polar surface area (TPSA) is 27.6 Å². The second-order valence-electron chi connectivity index (χ2n) is 4.40. The predicted octanol–water partition coefficient (Wildman–Crippen LogP) is 2.66. The van der Waals surface area contributed by atoms with E-state index in [9.17, 15) is 0 Å². The first kappa shape index (κ1) is 17.4. The maximum atomic E-state index is 4.66. The Morgan fingerprint density at radius 1 is 1.41 bits per heavy atom. The highest BCUT2D eigenvalue weighted by Gasteiger charge is 2.18. The number of likely N-dealkylation sites (tertiary alicyclic amines) is 1. The first-order chi connectivity index (χ1) is 7.77. The summed E-state index contributed by atoms with van der Waals surface area (Å²) in [6.07, 6.45) is 4.73. The third-order valence-electron chi connectivity index (χ3n) is 2.98. The third-order valence-corrected chi connectivity index (χ3v) is 3.57. The molecular formula is C12H26IN3S. The average Bonchev–Trinajstić information content (AvgIpc) is 2.29. The molecule has 0 bridgehead atoms. The van der Waals surface area contributed by atoms with Crippen LogP contribution in [-0.2, 0) is 0 Å². The van der Waals surface area contributed by atoms with Crippen LogP contribution in [0.3, 0.4) is 0 Å². The third kappa shape index (κ3) is 6.74. The van der Waals surface area contributed by atoms with E-state index in [0.29, 0.717) is 0 Å². The van der Waals surface area contributed by atoms with E-state index in [4.69, 9.17) is 0 Å². The number of piperidine rings is 1. The van der Waals surface area contributed by atoms with Gasteiger partial charge in [0.05, 0.1) is 6.54 Å². The van der Waals surface area contributed by atoms with E-state index in [0.717, 1.165) is 43.8 Å². The molecule has 0 saturated carbocycles. The lowest BCUT2D eigenvalue weighted by Gasteiger charge is -2.32. The zero-order valence-corrected chi connectivity index (χ0v) is 14.4. The van der Waals surface area contributed by atoms with Gasteiger partial charge in [-0.05, 0) is 31.9 Å². The highest BCUT2D eigenvalue weighted by Crippen LogP contribution is 2.15. The Hall–Kier alpha value is 0.350. The summed E-state index contributed by atoms with van der Waals surface area (Å²) < 4.78 is 0. The smallest absolute Gasteiger partial charge is 0.193 e. The Morgan fingerprint density at radius 3 is 2.59 bits per heavy atom. The van der Waals surface area contributed by atoms with Crippen molar-refractivity contribution in [3.05, 3.63) is 0 Å². The van der Waals surface area contributed by atoms with Gasteiger partial charge in [0.1, 0.15) is 0 Å². The standard InChI is InChI=1S/C12H25N3S.HI/c1-4-13-12(14-7-10-16-3)15-8-5-11(2)6-9-15;/h11H,4-10H2,1-3H3,(H,13,14);1H. The highest BCUT2D eigenvalue weighted by molar-refractivity contribution is 14.0. The number of nitrogens with one attached hydrogen (secondary N) is 1. The van der Waals surface area contributed by atoms with Gasteiger partial charge in [0.2, 0.25) is 0 Å². The van der Waals surface area contributed by atoms with Crippen LogP contribution in [-0.4, -0.2) is 49.0 Å². The largest absolute Gasteiger partial charge is 0.357 e. The minimum atomic E-state index is 0. The SMILES string of the molecule is CCNC(=NCCSC)N1CCC(C)CC1.I. The Labute approximate surface area is 127 Å². The van der Waals surface area contributed by atoms with Crippen LogP contribution in [0.2, 0.25) is 0 Å². The molecule has 17 heavy (non-hydrogen) atoms. The van der Waals surface area contributed by atoms with Crippen LogP contribution in [0.4, 0.5) is 0 Å². The fourth-order valence-corrected chi connectivity index (χ4v) is 2.16. The van der Waals surface area contributed by atoms with E-state index in [2.05, 4.69) is 35.3 Å². The molecule has 0 aliphatic carbocycles. The second-order valence-corrected chi connectivity index (χ2v) is 5.38. The van der Waals surface area contributed by atoms with Crippen molar-refractivity contribution in [1.29, 1.82) is 0 Å². The van der Waals surface area contributed by atoms with Gasteiger partial charge in [-0.25, -0.2) is 0 Å². The summed E-state index contributed by atoms with van der Waals surface area (Å²) in [4.78, 5) is 7.07. The predicted molar refractivity (Wildman–Crippen MR) is 89.7 cm³/mol. The molecule has 0 unspecified atom stereocenters. The molecule has 1 rings (SSSR count). The Morgan fingerprint density at radius 2 is 2.06 bits per heavy atom. The average molecular weight is 371 g/mol. The van der Waals surface area contributed by atoms with E-state index in [-0.39, 0.29) is 24.0 Å². The van der Waals surface area contributed by atoms with Gasteiger partial charge in [0.15, 0.2) is 5.96 Å². The molecule has 1 N–H and O–H groups in total. The van der Waals surface area contributed by atoms with Gasteiger partial charge in [-0.1, -0.05) is 6.92 Å². The molecule has 0 aromatic rings. The van der Waals surface area contributed by atoms with Crippen LogP contribution in [0.1, 0.15) is 26.7 Å². The molecule has 0 aromatic carbocycles. The van der Waals surface area contributed by atoms with Crippen molar-refractivity contribution in [2.75, 3.05) is 38.2 Å². The minimum Gasteiger partial charge on any atom is -0.357 e. The number of guanidine groups is 1. The van der Waals surface area contributed by atoms with E-state index < -0.39 is 0 Å². The van der Waals surface area contributed by atoms with Gasteiger partial charge < -0.3 is 10.2 Å². The molecule has 0 aromatic heterocycles. The zero-order chi connectivity index (χ0) is 11.8. The molecule has 1 saturated heterocycles. The lowest BCUT2D eigenvalue weighted by atomic mass is 10.00. The maximum absolute atomic E-state index is 4.66. The number of nitrogens with zero attached hydrogens (tertiary/aromatic N) is 2. The van der Waals surface area contributed by atoms with Crippen molar-refractivity contribution < 1.29 is 0 Å². The van der Waals surface area contributed by atoms with Crippen molar-refractivity contribution in [2.45, 2.75) is 26.7 Å². The van der Waals surface area contributed by atoms with Gasteiger partial charge in [-0.15, -0.1) is 24.0 Å². The molecule has 1 heterocycles. The van der Waals surface area contributed by atoms with Gasteiger partial charge in [0.25, 0.3) is 0 Å². The highest BCUT2D eigenvalue weighted by atomic mass is 127. The van der Waals surface area contributed by atoms with E-state index in [1.165, 1.54) is 12.8 Å². The summed E-state index contributed by atoms with van der Waals surface area (Å²) in [5.74, 6) is 3.10. The number of thioether (sulfide) groups is 1. The number of hydrogen-bond acceptors (Lipinski definition) is 2. The van der Waals surface area contributed by atoms with Crippen molar-refractivity contribution in [1.82, 2.24) is 10.2 Å². The molecule has 1 aliphatic heterocycles. The van der Waals surface area contributed by atoms with Crippen LogP contribution in [0.5, 0.6) is 0 Å². The number of hydrogen-bond donors (Lipinski definition) is 1. The summed E-state index contributed by atoms with van der Waals surface area (Å²) >= 11 is 1.86. The van der Waals surface area contributed by atoms with Crippen LogP contribution in [0.25, 0.3) is 0 Å². The summed E-state index contributed by atoms with van der Waals surface area (Å²) in [5, 5.41) is 3.39. The number of rotatable bonds is 4. The molecule has 3 nitrogen and oxygen atoms in total. The molecule has 102 valence electrons. The fraction of sp³-hybridized carbons (Fsp3) is 0.917. The minimum absolute atomic E-state index is 0. The molecule has 0 radical (unpaired) electrons. The van der Waals surface area contributed by atoms with Crippen molar-refractivity contribution >= 4 is 41.7 Å². The fourth-order valence-electron chi connectivity index (χ4n) is 1.89. The van der Waals surface area contributed by atoms with Gasteiger partial charge in [-0.3, -0.25) is 4.99 Å². The monoisotopic (exact) mass is 371 g/mol. The van der Waals surface area contributed by atoms with Gasteiger partial charge in [-0.2, -0.15) is 11.8 Å². The summed E-state index contributed by atoms with van der Waals surface area (Å²) in [6.45, 7) is 8.68. The number of aliphatic imine (C=N–C) groups is 1. The molecule has 0 spiro atoms. The van der Waals surface area contributed by atoms with Gasteiger partial charge >= 0.3 is 0 Å². The first-order valence-corrected chi connectivity index (χ1v) is 7.69. The molecule has 0 atom stereocenters. The summed E-state index contributed by atoms with van der Waals surface area (Å²) in [7, 11) is 0. The van der Waals surface area contributed by atoms with Gasteiger partial charge in [0, 0.05) is 25.4 Å². The quantitative estimate of drug-likeness (QED) is 0.356. The Bertz CT molecular complexity index is 216. The van der Waals surface area contributed by atoms with Crippen LogP contribution >= 0.6 is 35.7 Å². The number of halogens is 1. The second kappa shape index (κ2) is 10.3. The van der Waals surface area contributed by atoms with Crippen molar-refractivity contribution in [3.63, 3.8) is 0 Å². The molecule has 0 amide bonds. The van der Waals surface area contributed by atoms with Crippen LogP contribution in [0.15, 0.2) is 4.99 Å². The Balaban J connectivity index is 0.00000256. The zero-order valence-electron chi connectivity index (χ0n) is 11.2. The molecule has 5 heteroatoms. The lowest BCUT2D eigenvalue weighted by molar-refractivity contribution is 0.273. The van der Waals surface area contributed by atoms with Crippen LogP contribution in [0, 0.1) is 5.92 Å². The summed E-state index contributed by atoms with van der Waals surface area (Å²) in [5.41, 5.74) is 0. The van der Waals surface area contributed by atoms with Crippen molar-refractivity contribution in [2.24, 2.45) is 10.9 Å². The van der Waals surface area contributed by atoms with E-state index >= 15 is 0 Å². The van der Waals surface area contributed by atoms with E-state index in [1.54, 1.807) is 0 Å².